The van der Waals surface area contributed by atoms with Crippen LogP contribution >= 0.6 is 0 Å². The van der Waals surface area contributed by atoms with Gasteiger partial charge in [0.05, 0.1) is 0 Å². The van der Waals surface area contributed by atoms with Crippen molar-refractivity contribution in [1.29, 1.82) is 0 Å². The Bertz CT molecular complexity index is 578. The van der Waals surface area contributed by atoms with Crippen molar-refractivity contribution in [3.8, 4) is 11.5 Å². The molecule has 0 unspecified atom stereocenters. The molecule has 0 amide bonds. The number of phenolic OH excluding ortho intramolecular Hbond substituents is 1. The Kier molecular flexibility index (Phi) is 6.48. The number of aromatic hydroxyl groups is 1. The van der Waals surface area contributed by atoms with Crippen LogP contribution in [0.3, 0.4) is 0 Å². The van der Waals surface area contributed by atoms with Crippen LogP contribution in [0.4, 0.5) is 0 Å². The number of nitrogens with two attached hydrogens (primary N) is 1. The Morgan fingerprint density at radius 2 is 1.35 bits per heavy atom. The first kappa shape index (κ1) is 17.4. The van der Waals surface area contributed by atoms with Gasteiger partial charge in [-0.1, -0.05) is 38.1 Å². The van der Waals surface area contributed by atoms with Crippen LogP contribution in [-0.4, -0.2) is 18.3 Å². The average molecular weight is 313 g/mol. The van der Waals surface area contributed by atoms with E-state index in [-0.39, 0.29) is 0 Å². The number of rotatable bonds is 8. The first-order valence-electron chi connectivity index (χ1n) is 8.41. The fourth-order valence-electron chi connectivity index (χ4n) is 3.21. The zero-order valence-corrected chi connectivity index (χ0v) is 14.0. The van der Waals surface area contributed by atoms with Crippen LogP contribution in [0.25, 0.3) is 0 Å². The second kappa shape index (κ2) is 8.59. The summed E-state index contributed by atoms with van der Waals surface area (Å²) in [7, 11) is 0. The molecule has 0 heterocycles. The van der Waals surface area contributed by atoms with Gasteiger partial charge in [-0.3, -0.25) is 0 Å². The molecule has 0 radical (unpaired) electrons. The minimum absolute atomic E-state index is 0.318. The third-order valence-corrected chi connectivity index (χ3v) is 4.38. The van der Waals surface area contributed by atoms with Crippen molar-refractivity contribution < 1.29 is 9.84 Å². The van der Waals surface area contributed by atoms with Crippen molar-refractivity contribution in [2.45, 2.75) is 38.5 Å². The molecule has 3 heteroatoms. The van der Waals surface area contributed by atoms with Gasteiger partial charge in [-0.15, -0.1) is 0 Å². The minimum Gasteiger partial charge on any atom is -0.508 e. The quantitative estimate of drug-likeness (QED) is 0.758. The van der Waals surface area contributed by atoms with Crippen LogP contribution in [0.2, 0.25) is 0 Å². The summed E-state index contributed by atoms with van der Waals surface area (Å²) in [5.41, 5.74) is 8.07. The zero-order chi connectivity index (χ0) is 16.7. The highest BCUT2D eigenvalue weighted by Crippen LogP contribution is 2.38. The van der Waals surface area contributed by atoms with Crippen molar-refractivity contribution in [1.82, 2.24) is 0 Å². The van der Waals surface area contributed by atoms with Gasteiger partial charge in [0.1, 0.15) is 18.1 Å². The van der Waals surface area contributed by atoms with Crippen molar-refractivity contribution in [3.05, 3.63) is 59.7 Å². The summed E-state index contributed by atoms with van der Waals surface area (Å²) in [6, 6.07) is 16.0. The van der Waals surface area contributed by atoms with E-state index >= 15 is 0 Å². The maximum Gasteiger partial charge on any atom is 0.119 e. The number of phenols is 1. The molecule has 3 N–H and O–H groups in total. The Balaban J connectivity index is 2.20. The lowest BCUT2D eigenvalue weighted by atomic mass is 9.78. The molecule has 0 aliphatic heterocycles. The van der Waals surface area contributed by atoms with Gasteiger partial charge in [0.25, 0.3) is 0 Å². The standard InChI is InChI=1S/C20H27NO2/c1-3-19(15-5-9-17(22)10-6-15)20(4-2)16-7-11-18(12-8-16)23-14-13-21/h5-12,19-20,22H,3-4,13-14,21H2,1-2H3/t19-,20-/m1/s1. The maximum atomic E-state index is 9.50. The molecule has 0 saturated heterocycles. The third kappa shape index (κ3) is 4.49. The zero-order valence-electron chi connectivity index (χ0n) is 14.0. The highest BCUT2D eigenvalue weighted by atomic mass is 16.5. The van der Waals surface area contributed by atoms with Gasteiger partial charge in [0.15, 0.2) is 0 Å². The summed E-state index contributed by atoms with van der Waals surface area (Å²) in [6.07, 6.45) is 2.14. The van der Waals surface area contributed by atoms with Gasteiger partial charge < -0.3 is 15.6 Å². The Hall–Kier alpha value is -2.00. The predicted octanol–water partition coefficient (Wildman–Crippen LogP) is 4.42. The largest absolute Gasteiger partial charge is 0.508 e. The van der Waals surface area contributed by atoms with Gasteiger partial charge >= 0.3 is 0 Å². The monoisotopic (exact) mass is 313 g/mol. The van der Waals surface area contributed by atoms with Crippen molar-refractivity contribution in [3.63, 3.8) is 0 Å². The Morgan fingerprint density at radius 1 is 0.870 bits per heavy atom. The van der Waals surface area contributed by atoms with Crippen LogP contribution in [0.15, 0.2) is 48.5 Å². The van der Waals surface area contributed by atoms with Crippen LogP contribution in [0.1, 0.15) is 49.7 Å². The van der Waals surface area contributed by atoms with E-state index < -0.39 is 0 Å². The number of hydrogen-bond donors (Lipinski definition) is 2. The van der Waals surface area contributed by atoms with E-state index in [0.717, 1.165) is 18.6 Å². The molecule has 2 aromatic rings. The molecule has 0 aliphatic rings. The molecule has 0 fully saturated rings. The van der Waals surface area contributed by atoms with Crippen LogP contribution < -0.4 is 10.5 Å². The van der Waals surface area contributed by atoms with Crippen LogP contribution in [0.5, 0.6) is 11.5 Å². The Labute approximate surface area is 139 Å². The molecular formula is C20H27NO2. The van der Waals surface area contributed by atoms with E-state index in [2.05, 4.69) is 26.0 Å². The summed E-state index contributed by atoms with van der Waals surface area (Å²) in [4.78, 5) is 0. The molecule has 124 valence electrons. The number of ether oxygens (including phenoxy) is 1. The lowest BCUT2D eigenvalue weighted by molar-refractivity contribution is 0.328. The SMILES string of the molecule is CC[C@H](c1ccc(O)cc1)[C@H](CC)c1ccc(OCCN)cc1. The first-order valence-corrected chi connectivity index (χ1v) is 8.41. The first-order chi connectivity index (χ1) is 11.2. The molecule has 2 aromatic carbocycles. The summed E-state index contributed by atoms with van der Waals surface area (Å²) < 4.78 is 5.56. The van der Waals surface area contributed by atoms with Gasteiger partial charge in [-0.2, -0.15) is 0 Å². The van der Waals surface area contributed by atoms with E-state index in [1.165, 1.54) is 11.1 Å². The maximum absolute atomic E-state index is 9.50. The highest BCUT2D eigenvalue weighted by molar-refractivity contribution is 5.34. The van der Waals surface area contributed by atoms with Crippen molar-refractivity contribution in [2.24, 2.45) is 5.73 Å². The van der Waals surface area contributed by atoms with Crippen LogP contribution in [0, 0.1) is 0 Å². The number of hydrogen-bond acceptors (Lipinski definition) is 3. The number of benzene rings is 2. The van der Waals surface area contributed by atoms with Crippen molar-refractivity contribution >= 4 is 0 Å². The van der Waals surface area contributed by atoms with Gasteiger partial charge in [-0.05, 0) is 60.1 Å². The van der Waals surface area contributed by atoms with Gasteiger partial charge in [0.2, 0.25) is 0 Å². The van der Waals surface area contributed by atoms with E-state index in [1.54, 1.807) is 12.1 Å². The van der Waals surface area contributed by atoms with Gasteiger partial charge in [-0.25, -0.2) is 0 Å². The Morgan fingerprint density at radius 3 is 1.78 bits per heavy atom. The minimum atomic E-state index is 0.318. The smallest absolute Gasteiger partial charge is 0.119 e. The summed E-state index contributed by atoms with van der Waals surface area (Å²) in [5, 5.41) is 9.50. The second-order valence-electron chi connectivity index (χ2n) is 5.83. The third-order valence-electron chi connectivity index (χ3n) is 4.38. The second-order valence-corrected chi connectivity index (χ2v) is 5.83. The molecule has 0 aliphatic carbocycles. The molecule has 2 atom stereocenters. The van der Waals surface area contributed by atoms with E-state index in [9.17, 15) is 5.11 Å². The van der Waals surface area contributed by atoms with E-state index in [0.29, 0.717) is 30.7 Å². The molecule has 3 nitrogen and oxygen atoms in total. The van der Waals surface area contributed by atoms with Crippen LogP contribution in [-0.2, 0) is 0 Å². The fraction of sp³-hybridized carbons (Fsp3) is 0.400. The topological polar surface area (TPSA) is 55.5 Å². The highest BCUT2D eigenvalue weighted by Gasteiger charge is 2.22. The summed E-state index contributed by atoms with van der Waals surface area (Å²) >= 11 is 0. The summed E-state index contributed by atoms with van der Waals surface area (Å²) in [5.74, 6) is 2.08. The van der Waals surface area contributed by atoms with E-state index in [1.807, 2.05) is 24.3 Å². The molecule has 0 saturated carbocycles. The molecule has 0 spiro atoms. The molecule has 2 rings (SSSR count). The normalized spacial score (nSPS) is 13.5. The van der Waals surface area contributed by atoms with Crippen molar-refractivity contribution in [2.75, 3.05) is 13.2 Å². The molecular weight excluding hydrogens is 286 g/mol. The van der Waals surface area contributed by atoms with E-state index in [4.69, 9.17) is 10.5 Å². The fourth-order valence-corrected chi connectivity index (χ4v) is 3.21. The lowest BCUT2D eigenvalue weighted by Gasteiger charge is -2.26. The molecule has 23 heavy (non-hydrogen) atoms. The average Bonchev–Trinajstić information content (AvgIpc) is 2.59. The lowest BCUT2D eigenvalue weighted by Crippen LogP contribution is -2.11. The predicted molar refractivity (Wildman–Crippen MR) is 95.2 cm³/mol. The summed E-state index contributed by atoms with van der Waals surface area (Å²) in [6.45, 7) is 5.52. The molecule has 0 bridgehead atoms. The molecule has 0 aromatic heterocycles. The van der Waals surface area contributed by atoms with Gasteiger partial charge in [0, 0.05) is 6.54 Å².